The molecule has 1 unspecified atom stereocenters. The molecule has 2 saturated heterocycles. The highest BCUT2D eigenvalue weighted by atomic mass is 32.2. The first-order valence-corrected chi connectivity index (χ1v) is 17.7. The average Bonchev–Trinajstić information content (AvgIpc) is 3.47. The Kier molecular flexibility index (Phi) is 9.81. The summed E-state index contributed by atoms with van der Waals surface area (Å²) in [6.07, 6.45) is 7.99. The summed E-state index contributed by atoms with van der Waals surface area (Å²) >= 11 is 0. The summed E-state index contributed by atoms with van der Waals surface area (Å²) in [5.41, 5.74) is 3.60. The molecule has 4 heterocycles. The standard InChI is InChI=1S/C34H45N7O3S/c1-25-6-3-4-19-39(25)20-5-21-41(30-15-17-36-18-16-30)45(43,44)31-13-9-27(10-14-31)32-22-28-24-40(34(42)38-33(28)37-32)29-11-7-26(8-12-29)23-35-2/h7-14,22,24-25,30,35-36H,3-6,15-21,23H2,1-2H3,(H,37,38,42). The first kappa shape index (κ1) is 31.6. The molecule has 2 aliphatic rings. The molecule has 45 heavy (non-hydrogen) atoms. The predicted octanol–water partition coefficient (Wildman–Crippen LogP) is 4.11. The molecule has 11 heteroatoms. The number of sulfonamides is 1. The first-order valence-electron chi connectivity index (χ1n) is 16.3. The van der Waals surface area contributed by atoms with E-state index in [2.05, 4.69) is 32.4 Å². The van der Waals surface area contributed by atoms with E-state index in [9.17, 15) is 13.2 Å². The largest absolute Gasteiger partial charge is 0.354 e. The van der Waals surface area contributed by atoms with Crippen molar-refractivity contribution in [3.05, 3.63) is 76.8 Å². The van der Waals surface area contributed by atoms with Crippen LogP contribution in [0.25, 0.3) is 28.0 Å². The molecule has 3 N–H and O–H groups in total. The molecule has 10 nitrogen and oxygen atoms in total. The van der Waals surface area contributed by atoms with Crippen molar-refractivity contribution in [2.24, 2.45) is 0 Å². The summed E-state index contributed by atoms with van der Waals surface area (Å²) in [6.45, 7) is 7.26. The Morgan fingerprint density at radius 3 is 2.49 bits per heavy atom. The zero-order chi connectivity index (χ0) is 31.4. The molecule has 2 aromatic heterocycles. The number of hydrogen-bond acceptors (Lipinski definition) is 7. The molecule has 0 amide bonds. The minimum absolute atomic E-state index is 0.00184. The Balaban J connectivity index is 1.21. The molecule has 0 spiro atoms. The van der Waals surface area contributed by atoms with Crippen LogP contribution in [-0.4, -0.2) is 84.0 Å². The van der Waals surface area contributed by atoms with E-state index < -0.39 is 10.0 Å². The molecule has 1 atom stereocenters. The lowest BCUT2D eigenvalue weighted by Crippen LogP contribution is -2.47. The second-order valence-corrected chi connectivity index (χ2v) is 14.3. The maximum atomic E-state index is 14.1. The highest BCUT2D eigenvalue weighted by molar-refractivity contribution is 7.89. The number of aromatic amines is 1. The minimum atomic E-state index is -3.67. The van der Waals surface area contributed by atoms with Gasteiger partial charge in [-0.3, -0.25) is 4.57 Å². The number of fused-ring (bicyclic) bond motifs is 1. The Morgan fingerprint density at radius 1 is 1.02 bits per heavy atom. The smallest absolute Gasteiger partial charge is 0.339 e. The summed E-state index contributed by atoms with van der Waals surface area (Å²) in [7, 11) is -1.78. The molecule has 4 aromatic rings. The number of hydrogen-bond donors (Lipinski definition) is 3. The maximum absolute atomic E-state index is 14.1. The molecule has 0 radical (unpaired) electrons. The number of nitrogens with zero attached hydrogens (tertiary/aromatic N) is 4. The van der Waals surface area contributed by atoms with Crippen LogP contribution in [0.1, 0.15) is 51.0 Å². The van der Waals surface area contributed by atoms with Gasteiger partial charge >= 0.3 is 5.69 Å². The molecule has 0 aliphatic carbocycles. The lowest BCUT2D eigenvalue weighted by atomic mass is 10.0. The van der Waals surface area contributed by atoms with Gasteiger partial charge in [0, 0.05) is 42.5 Å². The van der Waals surface area contributed by atoms with Crippen molar-refractivity contribution in [3.8, 4) is 16.9 Å². The summed E-state index contributed by atoms with van der Waals surface area (Å²) in [4.78, 5) is 23.2. The summed E-state index contributed by atoms with van der Waals surface area (Å²) in [6, 6.07) is 17.4. The normalized spacial score (nSPS) is 18.6. The number of likely N-dealkylation sites (tertiary alicyclic amines) is 1. The second kappa shape index (κ2) is 14.0. The first-order chi connectivity index (χ1) is 21.8. The molecule has 0 bridgehead atoms. The average molecular weight is 632 g/mol. The van der Waals surface area contributed by atoms with Crippen molar-refractivity contribution in [1.29, 1.82) is 0 Å². The van der Waals surface area contributed by atoms with Crippen LogP contribution in [0, 0.1) is 0 Å². The fourth-order valence-electron chi connectivity index (χ4n) is 6.77. The third-order valence-corrected chi connectivity index (χ3v) is 11.3. The summed E-state index contributed by atoms with van der Waals surface area (Å²) in [5, 5.41) is 7.29. The van der Waals surface area contributed by atoms with Crippen molar-refractivity contribution in [2.75, 3.05) is 39.8 Å². The van der Waals surface area contributed by atoms with Gasteiger partial charge in [-0.15, -0.1) is 0 Å². The third kappa shape index (κ3) is 7.07. The fourth-order valence-corrected chi connectivity index (χ4v) is 8.49. The van der Waals surface area contributed by atoms with Gasteiger partial charge in [0.05, 0.1) is 10.6 Å². The van der Waals surface area contributed by atoms with E-state index in [1.807, 2.05) is 49.5 Å². The van der Waals surface area contributed by atoms with Crippen molar-refractivity contribution >= 4 is 21.1 Å². The number of H-pyrrole nitrogens is 1. The Labute approximate surface area is 265 Å². The monoisotopic (exact) mass is 631 g/mol. The number of rotatable bonds is 11. The maximum Gasteiger partial charge on any atom is 0.354 e. The van der Waals surface area contributed by atoms with E-state index in [0.29, 0.717) is 23.1 Å². The van der Waals surface area contributed by atoms with Gasteiger partial charge in [-0.2, -0.15) is 9.29 Å². The van der Waals surface area contributed by atoms with Crippen LogP contribution in [0.3, 0.4) is 0 Å². The molecular formula is C34H45N7O3S. The topological polar surface area (TPSA) is 115 Å². The lowest BCUT2D eigenvalue weighted by molar-refractivity contribution is 0.151. The summed E-state index contributed by atoms with van der Waals surface area (Å²) in [5.74, 6) is 0. The molecule has 240 valence electrons. The van der Waals surface area contributed by atoms with Gasteiger partial charge in [0.2, 0.25) is 10.0 Å². The van der Waals surface area contributed by atoms with Gasteiger partial charge in [0.25, 0.3) is 0 Å². The third-order valence-electron chi connectivity index (χ3n) is 9.36. The summed E-state index contributed by atoms with van der Waals surface area (Å²) < 4.78 is 31.4. The van der Waals surface area contributed by atoms with Crippen LogP contribution >= 0.6 is 0 Å². The molecule has 2 aromatic carbocycles. The highest BCUT2D eigenvalue weighted by Gasteiger charge is 2.32. The molecule has 6 rings (SSSR count). The fraction of sp³-hybridized carbons (Fsp3) is 0.471. The van der Waals surface area contributed by atoms with E-state index in [1.165, 1.54) is 19.3 Å². The van der Waals surface area contributed by atoms with Gasteiger partial charge in [-0.25, -0.2) is 13.2 Å². The zero-order valence-corrected chi connectivity index (χ0v) is 27.2. The van der Waals surface area contributed by atoms with E-state index in [4.69, 9.17) is 0 Å². The highest BCUT2D eigenvalue weighted by Crippen LogP contribution is 2.28. The predicted molar refractivity (Wildman–Crippen MR) is 179 cm³/mol. The van der Waals surface area contributed by atoms with Crippen molar-refractivity contribution in [2.45, 2.75) is 69.0 Å². The Bertz CT molecular complexity index is 1740. The quantitative estimate of drug-likeness (QED) is 0.228. The van der Waals surface area contributed by atoms with E-state index >= 15 is 0 Å². The molecule has 2 aliphatic heterocycles. The zero-order valence-electron chi connectivity index (χ0n) is 26.3. The molecule has 2 fully saturated rings. The number of aromatic nitrogens is 3. The van der Waals surface area contributed by atoms with Gasteiger partial charge in [0.1, 0.15) is 5.65 Å². The van der Waals surface area contributed by atoms with Crippen molar-refractivity contribution < 1.29 is 8.42 Å². The lowest BCUT2D eigenvalue weighted by Gasteiger charge is -2.36. The van der Waals surface area contributed by atoms with E-state index in [0.717, 1.165) is 79.9 Å². The van der Waals surface area contributed by atoms with Crippen molar-refractivity contribution in [3.63, 3.8) is 0 Å². The van der Waals surface area contributed by atoms with Crippen molar-refractivity contribution in [1.82, 2.24) is 34.4 Å². The van der Waals surface area contributed by atoms with E-state index in [-0.39, 0.29) is 11.7 Å². The van der Waals surface area contributed by atoms with Crippen LogP contribution in [0.4, 0.5) is 0 Å². The second-order valence-electron chi connectivity index (χ2n) is 12.4. The number of nitrogens with one attached hydrogen (secondary N) is 3. The molecular weight excluding hydrogens is 586 g/mol. The number of benzene rings is 2. The van der Waals surface area contributed by atoms with E-state index in [1.54, 1.807) is 27.2 Å². The van der Waals surface area contributed by atoms with Gasteiger partial charge in [-0.1, -0.05) is 30.7 Å². The molecule has 0 saturated carbocycles. The van der Waals surface area contributed by atoms with Gasteiger partial charge < -0.3 is 20.5 Å². The Hall–Kier alpha value is -3.35. The van der Waals surface area contributed by atoms with Crippen LogP contribution in [0.2, 0.25) is 0 Å². The van der Waals surface area contributed by atoms with Crippen LogP contribution in [-0.2, 0) is 16.6 Å². The minimum Gasteiger partial charge on any atom is -0.339 e. The van der Waals surface area contributed by atoms with Gasteiger partial charge in [0.15, 0.2) is 0 Å². The van der Waals surface area contributed by atoms with Gasteiger partial charge in [-0.05, 0) is 114 Å². The van der Waals surface area contributed by atoms with Crippen LogP contribution in [0.5, 0.6) is 0 Å². The number of piperidine rings is 2. The SMILES string of the molecule is CNCc1ccc(-n2cc3cc(-c4ccc(S(=O)(=O)N(CCCN5CCCCC5C)C5CCNCC5)cc4)[nH]c3nc2=O)cc1. The Morgan fingerprint density at radius 2 is 1.78 bits per heavy atom. The van der Waals surface area contributed by atoms with Crippen LogP contribution in [0.15, 0.2) is 70.5 Å². The van der Waals surface area contributed by atoms with Crippen LogP contribution < -0.4 is 16.3 Å².